The van der Waals surface area contributed by atoms with Gasteiger partial charge in [-0.15, -0.1) is 0 Å². The van der Waals surface area contributed by atoms with E-state index in [1.807, 2.05) is 24.3 Å². The highest BCUT2D eigenvalue weighted by atomic mass is 32.2. The van der Waals surface area contributed by atoms with Crippen molar-refractivity contribution >= 4 is 38.3 Å². The van der Waals surface area contributed by atoms with Crippen LogP contribution in [0.1, 0.15) is 37.6 Å². The molecule has 0 aliphatic carbocycles. The van der Waals surface area contributed by atoms with Crippen molar-refractivity contribution in [1.29, 1.82) is 0 Å². The average Bonchev–Trinajstić information content (AvgIpc) is 3.14. The molecule has 4 aromatic rings. The normalized spacial score (nSPS) is 17.0. The summed E-state index contributed by atoms with van der Waals surface area (Å²) in [6, 6.07) is 17.0. The Morgan fingerprint density at radius 1 is 1.11 bits per heavy atom. The Hall–Kier alpha value is -4.18. The van der Waals surface area contributed by atoms with Crippen molar-refractivity contribution in [2.45, 2.75) is 37.6 Å². The minimum absolute atomic E-state index is 0.146. The average molecular weight is 532 g/mol. The molecule has 196 valence electrons. The van der Waals surface area contributed by atoms with Gasteiger partial charge in [0, 0.05) is 23.8 Å². The van der Waals surface area contributed by atoms with Crippen LogP contribution in [0.5, 0.6) is 5.75 Å². The number of aromatic nitrogens is 2. The summed E-state index contributed by atoms with van der Waals surface area (Å²) in [6.45, 7) is 6.98. The van der Waals surface area contributed by atoms with Crippen molar-refractivity contribution in [3.63, 3.8) is 0 Å². The lowest BCUT2D eigenvalue weighted by Gasteiger charge is -2.34. The van der Waals surface area contributed by atoms with E-state index in [-0.39, 0.29) is 27.6 Å². The molecule has 2 aromatic carbocycles. The molecule has 1 aliphatic heterocycles. The van der Waals surface area contributed by atoms with Crippen LogP contribution in [0, 0.1) is 5.92 Å². The van der Waals surface area contributed by atoms with Gasteiger partial charge >= 0.3 is 0 Å². The van der Waals surface area contributed by atoms with Crippen LogP contribution in [0.2, 0.25) is 0 Å². The molecular formula is C28H29N5O4S. The summed E-state index contributed by atoms with van der Waals surface area (Å²) in [7, 11) is -4.26. The zero-order valence-corrected chi connectivity index (χ0v) is 22.2. The van der Waals surface area contributed by atoms with Gasteiger partial charge in [0.25, 0.3) is 15.9 Å². The second-order valence-corrected chi connectivity index (χ2v) is 12.0. The lowest BCUT2D eigenvalue weighted by molar-refractivity contribution is 0.0981. The summed E-state index contributed by atoms with van der Waals surface area (Å²) < 4.78 is 28.1. The van der Waals surface area contributed by atoms with Crippen LogP contribution in [0.4, 0.5) is 11.6 Å². The van der Waals surface area contributed by atoms with Crippen LogP contribution in [0.25, 0.3) is 22.0 Å². The standard InChI is InChI=1S/C28H29N5O4S/c1-17-15-28(2,3)33(16-17)26-22(27(35)32-38(36,37)24-5-4-12-30-25(24)29)10-11-23(31-26)20-7-6-19-14-21(34)9-8-18(19)13-20/h4-14,17,34H,15-16H2,1-3H3,(H2,29,30)(H,32,35)/t17-/m0/s1. The lowest BCUT2D eigenvalue weighted by Crippen LogP contribution is -2.41. The number of sulfonamides is 1. The number of nitrogens with one attached hydrogen (secondary N) is 1. The number of nitrogens with two attached hydrogens (primary N) is 1. The molecular weight excluding hydrogens is 502 g/mol. The Kier molecular flexibility index (Phi) is 6.22. The molecule has 1 fully saturated rings. The molecule has 9 nitrogen and oxygen atoms in total. The number of phenols is 1. The highest BCUT2D eigenvalue weighted by Crippen LogP contribution is 2.38. The number of hydrogen-bond acceptors (Lipinski definition) is 8. The zero-order valence-electron chi connectivity index (χ0n) is 21.3. The van der Waals surface area contributed by atoms with Gasteiger partial charge in [0.2, 0.25) is 0 Å². The molecule has 1 amide bonds. The molecule has 38 heavy (non-hydrogen) atoms. The van der Waals surface area contributed by atoms with E-state index in [1.165, 1.54) is 18.3 Å². The molecule has 1 atom stereocenters. The van der Waals surface area contributed by atoms with Gasteiger partial charge in [0.15, 0.2) is 0 Å². The Balaban J connectivity index is 1.59. The van der Waals surface area contributed by atoms with E-state index in [0.29, 0.717) is 24.0 Å². The topological polar surface area (TPSA) is 139 Å². The minimum Gasteiger partial charge on any atom is -0.508 e. The van der Waals surface area contributed by atoms with E-state index in [2.05, 4.69) is 35.4 Å². The summed E-state index contributed by atoms with van der Waals surface area (Å²) in [5.74, 6) is -0.0326. The molecule has 5 rings (SSSR count). The SMILES string of the molecule is C[C@@H]1CN(c2nc(-c3ccc4cc(O)ccc4c3)ccc2C(=O)NS(=O)(=O)c2cccnc2N)C(C)(C)C1. The highest BCUT2D eigenvalue weighted by Gasteiger charge is 2.39. The maximum atomic E-state index is 13.4. The third kappa shape index (κ3) is 4.74. The van der Waals surface area contributed by atoms with Crippen molar-refractivity contribution in [2.75, 3.05) is 17.2 Å². The van der Waals surface area contributed by atoms with E-state index in [0.717, 1.165) is 22.8 Å². The van der Waals surface area contributed by atoms with Gasteiger partial charge in [-0.3, -0.25) is 4.79 Å². The van der Waals surface area contributed by atoms with Crippen molar-refractivity contribution in [3.05, 3.63) is 72.4 Å². The minimum atomic E-state index is -4.26. The summed E-state index contributed by atoms with van der Waals surface area (Å²) in [4.78, 5) is 24.0. The van der Waals surface area contributed by atoms with Crippen LogP contribution in [0.3, 0.4) is 0 Å². The van der Waals surface area contributed by atoms with Gasteiger partial charge in [-0.05, 0) is 79.4 Å². The molecule has 10 heteroatoms. The first-order chi connectivity index (χ1) is 17.9. The number of hydrogen-bond donors (Lipinski definition) is 3. The van der Waals surface area contributed by atoms with Gasteiger partial charge in [-0.1, -0.05) is 25.1 Å². The number of fused-ring (bicyclic) bond motifs is 1. The summed E-state index contributed by atoms with van der Waals surface area (Å²) in [6.07, 6.45) is 2.27. The third-order valence-corrected chi connectivity index (χ3v) is 8.26. The van der Waals surface area contributed by atoms with Crippen molar-refractivity contribution in [1.82, 2.24) is 14.7 Å². The van der Waals surface area contributed by atoms with Crippen LogP contribution in [0.15, 0.2) is 71.8 Å². The predicted molar refractivity (Wildman–Crippen MR) is 147 cm³/mol. The molecule has 3 heterocycles. The second kappa shape index (κ2) is 9.29. The number of anilines is 2. The Morgan fingerprint density at radius 2 is 1.84 bits per heavy atom. The molecule has 1 saturated heterocycles. The molecule has 2 aromatic heterocycles. The quantitative estimate of drug-likeness (QED) is 0.346. The number of amides is 1. The van der Waals surface area contributed by atoms with Crippen LogP contribution >= 0.6 is 0 Å². The van der Waals surface area contributed by atoms with Crippen molar-refractivity contribution in [2.24, 2.45) is 5.92 Å². The van der Waals surface area contributed by atoms with Gasteiger partial charge in [0.05, 0.1) is 11.3 Å². The van der Waals surface area contributed by atoms with E-state index in [9.17, 15) is 18.3 Å². The number of nitrogen functional groups attached to an aromatic ring is 1. The maximum Gasteiger partial charge on any atom is 0.268 e. The fourth-order valence-electron chi connectivity index (χ4n) is 5.21. The summed E-state index contributed by atoms with van der Waals surface area (Å²) in [5, 5.41) is 11.6. The van der Waals surface area contributed by atoms with Crippen LogP contribution < -0.4 is 15.4 Å². The first-order valence-electron chi connectivity index (χ1n) is 12.2. The largest absolute Gasteiger partial charge is 0.508 e. The van der Waals surface area contributed by atoms with E-state index in [1.54, 1.807) is 24.3 Å². The van der Waals surface area contributed by atoms with Gasteiger partial charge < -0.3 is 15.7 Å². The Bertz CT molecular complexity index is 1670. The number of carbonyl (C=O) groups excluding carboxylic acids is 1. The maximum absolute atomic E-state index is 13.4. The van der Waals surface area contributed by atoms with Crippen molar-refractivity contribution in [3.8, 4) is 17.0 Å². The molecule has 0 radical (unpaired) electrons. The molecule has 4 N–H and O–H groups in total. The number of carbonyl (C=O) groups is 1. The summed E-state index contributed by atoms with van der Waals surface area (Å²) >= 11 is 0. The second-order valence-electron chi connectivity index (χ2n) is 10.4. The fourth-order valence-corrected chi connectivity index (χ4v) is 6.26. The Labute approximate surface area is 221 Å². The lowest BCUT2D eigenvalue weighted by atomic mass is 9.97. The first kappa shape index (κ1) is 25.5. The summed E-state index contributed by atoms with van der Waals surface area (Å²) in [5.41, 5.74) is 7.08. The monoisotopic (exact) mass is 531 g/mol. The van der Waals surface area contributed by atoms with E-state index >= 15 is 0 Å². The number of nitrogens with zero attached hydrogens (tertiary/aromatic N) is 3. The number of pyridine rings is 2. The molecule has 0 unspecified atom stereocenters. The highest BCUT2D eigenvalue weighted by molar-refractivity contribution is 7.90. The number of rotatable bonds is 5. The van der Waals surface area contributed by atoms with Crippen molar-refractivity contribution < 1.29 is 18.3 Å². The van der Waals surface area contributed by atoms with E-state index < -0.39 is 15.9 Å². The number of phenolic OH excluding ortho intramolecular Hbond substituents is 1. The predicted octanol–water partition coefficient (Wildman–Crippen LogP) is 4.33. The van der Waals surface area contributed by atoms with Gasteiger partial charge in [0.1, 0.15) is 22.3 Å². The Morgan fingerprint density at radius 3 is 2.55 bits per heavy atom. The molecule has 1 aliphatic rings. The number of aromatic hydroxyl groups is 1. The van der Waals surface area contributed by atoms with Crippen LogP contribution in [-0.4, -0.2) is 41.5 Å². The third-order valence-electron chi connectivity index (χ3n) is 6.88. The first-order valence-corrected chi connectivity index (χ1v) is 13.7. The smallest absolute Gasteiger partial charge is 0.268 e. The molecule has 0 bridgehead atoms. The van der Waals surface area contributed by atoms with Crippen LogP contribution in [-0.2, 0) is 10.0 Å². The zero-order chi connectivity index (χ0) is 27.2. The van der Waals surface area contributed by atoms with Gasteiger partial charge in [-0.2, -0.15) is 0 Å². The molecule has 0 spiro atoms. The fraction of sp³-hybridized carbons (Fsp3) is 0.250. The van der Waals surface area contributed by atoms with E-state index in [4.69, 9.17) is 10.7 Å². The molecule has 0 saturated carbocycles. The van der Waals surface area contributed by atoms with Gasteiger partial charge in [-0.25, -0.2) is 23.1 Å². The number of benzene rings is 2.